The van der Waals surface area contributed by atoms with Gasteiger partial charge in [-0.15, -0.1) is 0 Å². The quantitative estimate of drug-likeness (QED) is 0.297. The topological polar surface area (TPSA) is 135 Å². The maximum atomic E-state index is 12.3. The van der Waals surface area contributed by atoms with Gasteiger partial charge in [0.1, 0.15) is 23.5 Å². The van der Waals surface area contributed by atoms with Crippen molar-refractivity contribution >= 4 is 17.6 Å². The van der Waals surface area contributed by atoms with Gasteiger partial charge in [0.25, 0.3) is 0 Å². The molecule has 10 heteroatoms. The van der Waals surface area contributed by atoms with Crippen LogP contribution in [0.4, 0.5) is 11.6 Å². The lowest BCUT2D eigenvalue weighted by molar-refractivity contribution is 0.0384. The molecule has 2 aliphatic rings. The lowest BCUT2D eigenvalue weighted by atomic mass is 10.2. The van der Waals surface area contributed by atoms with E-state index in [0.29, 0.717) is 25.0 Å². The Bertz CT molecular complexity index is 637. The first-order valence-electron chi connectivity index (χ1n) is 10.5. The summed E-state index contributed by atoms with van der Waals surface area (Å²) in [5.41, 5.74) is 0.109. The molecule has 0 spiro atoms. The Kier molecular flexibility index (Phi) is 8.61. The third kappa shape index (κ3) is 7.67. The van der Waals surface area contributed by atoms with E-state index in [9.17, 15) is 15.0 Å². The van der Waals surface area contributed by atoms with Crippen molar-refractivity contribution in [1.82, 2.24) is 9.97 Å². The standard InChI is InChI=1S/C20H32N4O6/c1-28-20(27)17-18(21-6-15(25)10-29-8-13-2-3-13)23-12-24-19(17)22-7-16(26)11-30-9-14-4-5-14/h12-16,25-26H,2-11H2,1H3,(H2,21,22,23,24). The molecule has 0 amide bonds. The van der Waals surface area contributed by atoms with Crippen LogP contribution in [0.2, 0.25) is 0 Å². The number of hydrogen-bond donors (Lipinski definition) is 4. The Morgan fingerprint density at radius 2 is 1.47 bits per heavy atom. The molecular weight excluding hydrogens is 392 g/mol. The van der Waals surface area contributed by atoms with E-state index in [1.807, 2.05) is 0 Å². The van der Waals surface area contributed by atoms with Crippen molar-refractivity contribution in [2.75, 3.05) is 57.3 Å². The summed E-state index contributed by atoms with van der Waals surface area (Å²) >= 11 is 0. The molecule has 1 heterocycles. The van der Waals surface area contributed by atoms with Crippen LogP contribution in [0.1, 0.15) is 36.0 Å². The summed E-state index contributed by atoms with van der Waals surface area (Å²) in [6.45, 7) is 2.06. The van der Waals surface area contributed by atoms with Gasteiger partial charge in [0.05, 0.1) is 32.5 Å². The number of nitrogens with zero attached hydrogens (tertiary/aromatic N) is 2. The minimum Gasteiger partial charge on any atom is -0.465 e. The van der Waals surface area contributed by atoms with Crippen LogP contribution in [0, 0.1) is 11.8 Å². The third-order valence-corrected chi connectivity index (χ3v) is 4.97. The molecule has 2 fully saturated rings. The first-order chi connectivity index (χ1) is 14.6. The lowest BCUT2D eigenvalue weighted by Crippen LogP contribution is -2.28. The van der Waals surface area contributed by atoms with Crippen LogP contribution >= 0.6 is 0 Å². The molecule has 168 valence electrons. The molecule has 2 saturated carbocycles. The highest BCUT2D eigenvalue weighted by Crippen LogP contribution is 2.29. The molecule has 4 N–H and O–H groups in total. The molecular formula is C20H32N4O6. The van der Waals surface area contributed by atoms with Crippen LogP contribution in [0.25, 0.3) is 0 Å². The van der Waals surface area contributed by atoms with E-state index >= 15 is 0 Å². The summed E-state index contributed by atoms with van der Waals surface area (Å²) in [4.78, 5) is 20.5. The zero-order valence-corrected chi connectivity index (χ0v) is 17.4. The van der Waals surface area contributed by atoms with Gasteiger partial charge in [0.2, 0.25) is 0 Å². The number of methoxy groups -OCH3 is 1. The number of ether oxygens (including phenoxy) is 3. The third-order valence-electron chi connectivity index (χ3n) is 4.97. The fourth-order valence-electron chi connectivity index (χ4n) is 2.81. The minimum atomic E-state index is -0.744. The predicted molar refractivity (Wildman–Crippen MR) is 109 cm³/mol. The van der Waals surface area contributed by atoms with Crippen LogP contribution in [-0.4, -0.2) is 85.0 Å². The fourth-order valence-corrected chi connectivity index (χ4v) is 2.81. The fraction of sp³-hybridized carbons (Fsp3) is 0.750. The van der Waals surface area contributed by atoms with Crippen molar-refractivity contribution in [1.29, 1.82) is 0 Å². The van der Waals surface area contributed by atoms with Gasteiger partial charge < -0.3 is 35.1 Å². The number of aromatic nitrogens is 2. The van der Waals surface area contributed by atoms with Gasteiger partial charge >= 0.3 is 5.97 Å². The molecule has 3 rings (SSSR count). The van der Waals surface area contributed by atoms with E-state index in [1.54, 1.807) is 0 Å². The Morgan fingerprint density at radius 3 is 1.87 bits per heavy atom. The molecule has 2 unspecified atom stereocenters. The van der Waals surface area contributed by atoms with Gasteiger partial charge in [-0.2, -0.15) is 0 Å². The molecule has 0 aliphatic heterocycles. The van der Waals surface area contributed by atoms with Crippen molar-refractivity contribution < 1.29 is 29.2 Å². The summed E-state index contributed by atoms with van der Waals surface area (Å²) < 4.78 is 15.8. The Hall–Kier alpha value is -2.01. The van der Waals surface area contributed by atoms with Crippen LogP contribution in [0.5, 0.6) is 0 Å². The van der Waals surface area contributed by atoms with E-state index < -0.39 is 18.2 Å². The van der Waals surface area contributed by atoms with E-state index in [1.165, 1.54) is 39.1 Å². The molecule has 30 heavy (non-hydrogen) atoms. The molecule has 10 nitrogen and oxygen atoms in total. The number of hydrogen-bond acceptors (Lipinski definition) is 10. The number of aliphatic hydroxyl groups is 2. The SMILES string of the molecule is COC(=O)c1c(NCC(O)COCC2CC2)ncnc1NCC(O)COCC1CC1. The molecule has 2 aliphatic carbocycles. The smallest absolute Gasteiger partial charge is 0.345 e. The van der Waals surface area contributed by atoms with Crippen LogP contribution < -0.4 is 10.6 Å². The molecule has 2 atom stereocenters. The number of carbonyl (C=O) groups is 1. The number of nitrogens with one attached hydrogen (secondary N) is 2. The van der Waals surface area contributed by atoms with E-state index in [2.05, 4.69) is 20.6 Å². The highest BCUT2D eigenvalue weighted by Gasteiger charge is 2.24. The Morgan fingerprint density at radius 1 is 1.00 bits per heavy atom. The number of aliphatic hydroxyl groups excluding tert-OH is 2. The van der Waals surface area contributed by atoms with Gasteiger partial charge in [-0.25, -0.2) is 14.8 Å². The second-order valence-corrected chi connectivity index (χ2v) is 7.97. The average Bonchev–Trinajstić information content (AvgIpc) is 3.66. The average molecular weight is 424 g/mol. The zero-order valence-electron chi connectivity index (χ0n) is 17.4. The van der Waals surface area contributed by atoms with Crippen LogP contribution in [0.3, 0.4) is 0 Å². The van der Waals surface area contributed by atoms with Crippen molar-refractivity contribution in [2.24, 2.45) is 11.8 Å². The maximum Gasteiger partial charge on any atom is 0.345 e. The van der Waals surface area contributed by atoms with Crippen LogP contribution in [0.15, 0.2) is 6.33 Å². The second-order valence-electron chi connectivity index (χ2n) is 7.97. The van der Waals surface area contributed by atoms with Gasteiger partial charge in [0.15, 0.2) is 0 Å². The zero-order chi connectivity index (χ0) is 21.3. The highest BCUT2D eigenvalue weighted by atomic mass is 16.5. The first-order valence-corrected chi connectivity index (χ1v) is 10.5. The molecule has 1 aromatic heterocycles. The summed E-state index contributed by atoms with van der Waals surface area (Å²) in [5.74, 6) is 1.10. The van der Waals surface area contributed by atoms with Crippen molar-refractivity contribution in [2.45, 2.75) is 37.9 Å². The molecule has 1 aromatic rings. The van der Waals surface area contributed by atoms with E-state index in [-0.39, 0.29) is 43.5 Å². The van der Waals surface area contributed by atoms with E-state index in [0.717, 1.165) is 0 Å². The summed E-state index contributed by atoms with van der Waals surface area (Å²) in [7, 11) is 1.27. The number of esters is 1. The number of anilines is 2. The first kappa shape index (κ1) is 22.7. The van der Waals surface area contributed by atoms with Gasteiger partial charge in [-0.05, 0) is 37.5 Å². The molecule has 0 radical (unpaired) electrons. The largest absolute Gasteiger partial charge is 0.465 e. The lowest BCUT2D eigenvalue weighted by Gasteiger charge is -2.17. The number of rotatable bonds is 15. The molecule has 0 bridgehead atoms. The van der Waals surface area contributed by atoms with Crippen LogP contribution in [-0.2, 0) is 14.2 Å². The highest BCUT2D eigenvalue weighted by molar-refractivity contribution is 5.99. The molecule has 0 saturated heterocycles. The molecule has 0 aromatic carbocycles. The Labute approximate surface area is 176 Å². The maximum absolute atomic E-state index is 12.3. The van der Waals surface area contributed by atoms with Crippen molar-refractivity contribution in [3.63, 3.8) is 0 Å². The normalized spacial score (nSPS) is 18.0. The Balaban J connectivity index is 1.50. The second kappa shape index (κ2) is 11.4. The van der Waals surface area contributed by atoms with Gasteiger partial charge in [-0.3, -0.25) is 0 Å². The van der Waals surface area contributed by atoms with Crippen molar-refractivity contribution in [3.05, 3.63) is 11.9 Å². The summed E-state index contributed by atoms with van der Waals surface area (Å²) in [5, 5.41) is 26.1. The van der Waals surface area contributed by atoms with Gasteiger partial charge in [-0.1, -0.05) is 0 Å². The monoisotopic (exact) mass is 424 g/mol. The van der Waals surface area contributed by atoms with E-state index in [4.69, 9.17) is 14.2 Å². The summed E-state index contributed by atoms with van der Waals surface area (Å²) in [6, 6.07) is 0. The predicted octanol–water partition coefficient (Wildman–Crippen LogP) is 0.662. The summed E-state index contributed by atoms with van der Waals surface area (Å²) in [6.07, 6.45) is 4.56. The van der Waals surface area contributed by atoms with Crippen molar-refractivity contribution in [3.8, 4) is 0 Å². The number of carbonyl (C=O) groups excluding carboxylic acids is 1. The van der Waals surface area contributed by atoms with Gasteiger partial charge in [0, 0.05) is 26.3 Å². The minimum absolute atomic E-state index is 0.109.